The molecule has 1 N–H and O–H groups in total. The average molecular weight is 604 g/mol. The van der Waals surface area contributed by atoms with Crippen LogP contribution in [0.4, 0.5) is 35.2 Å². The van der Waals surface area contributed by atoms with E-state index in [-0.39, 0.29) is 35.0 Å². The molecule has 2 fully saturated rings. The minimum Gasteiger partial charge on any atom is -0.475 e. The van der Waals surface area contributed by atoms with Crippen molar-refractivity contribution < 1.29 is 32.2 Å². The average Bonchev–Trinajstić information content (AvgIpc) is 3.31. The van der Waals surface area contributed by atoms with Gasteiger partial charge in [-0.1, -0.05) is 23.7 Å². The third-order valence-electron chi connectivity index (χ3n) is 7.42. The third-order valence-corrected chi connectivity index (χ3v) is 7.71. The number of carbonyl (C=O) groups excluding carboxylic acids is 1. The van der Waals surface area contributed by atoms with Gasteiger partial charge in [0, 0.05) is 24.7 Å². The minimum absolute atomic E-state index is 0.170. The normalized spacial score (nSPS) is 21.2. The van der Waals surface area contributed by atoms with Crippen LogP contribution in [0.2, 0.25) is 5.02 Å². The number of halogens is 4. The van der Waals surface area contributed by atoms with Crippen LogP contribution in [-0.4, -0.2) is 60.2 Å². The molecular formula is C29H29ClF3N5O4. The van der Waals surface area contributed by atoms with Crippen LogP contribution in [0.25, 0.3) is 11.3 Å². The van der Waals surface area contributed by atoms with Gasteiger partial charge in [0.05, 0.1) is 46.5 Å². The Bertz CT molecular complexity index is 1490. The molecule has 2 aromatic heterocycles. The van der Waals surface area contributed by atoms with Crippen molar-refractivity contribution >= 4 is 34.8 Å². The van der Waals surface area contributed by atoms with Crippen LogP contribution in [0.5, 0.6) is 5.88 Å². The van der Waals surface area contributed by atoms with Crippen molar-refractivity contribution in [2.75, 3.05) is 41.4 Å². The van der Waals surface area contributed by atoms with Crippen molar-refractivity contribution in [3.8, 4) is 17.1 Å². The molecular weight excluding hydrogens is 575 g/mol. The van der Waals surface area contributed by atoms with E-state index in [0.717, 1.165) is 31.5 Å². The van der Waals surface area contributed by atoms with Gasteiger partial charge in [-0.15, -0.1) is 0 Å². The summed E-state index contributed by atoms with van der Waals surface area (Å²) in [5, 5.41) is 3.08. The van der Waals surface area contributed by atoms with E-state index in [9.17, 15) is 18.0 Å². The zero-order valence-corrected chi connectivity index (χ0v) is 23.7. The Balaban J connectivity index is 1.23. The van der Waals surface area contributed by atoms with E-state index in [1.165, 1.54) is 18.3 Å². The highest BCUT2D eigenvalue weighted by atomic mass is 35.5. The number of nitrogens with one attached hydrogen (secondary N) is 1. The fraction of sp³-hybridized carbons (Fsp3) is 0.414. The highest BCUT2D eigenvalue weighted by Gasteiger charge is 2.39. The smallest absolute Gasteiger partial charge is 0.416 e. The maximum Gasteiger partial charge on any atom is 0.416 e. The molecule has 2 amide bonds. The summed E-state index contributed by atoms with van der Waals surface area (Å²) in [7, 11) is 0. The Kier molecular flexibility index (Phi) is 7.40. The first-order valence-corrected chi connectivity index (χ1v) is 14.0. The number of alkyl halides is 3. The number of rotatable bonds is 5. The first-order valence-electron chi connectivity index (χ1n) is 13.6. The number of pyridine rings is 2. The first kappa shape index (κ1) is 28.5. The quantitative estimate of drug-likeness (QED) is 0.363. The van der Waals surface area contributed by atoms with Gasteiger partial charge in [-0.2, -0.15) is 13.2 Å². The molecule has 42 heavy (non-hydrogen) atoms. The van der Waals surface area contributed by atoms with E-state index in [1.807, 2.05) is 13.8 Å². The molecule has 13 heteroatoms. The fourth-order valence-electron chi connectivity index (χ4n) is 5.49. The molecule has 1 unspecified atom stereocenters. The number of carbonyl (C=O) groups is 1. The summed E-state index contributed by atoms with van der Waals surface area (Å²) in [6, 6.07) is 9.23. The fourth-order valence-corrected chi connectivity index (χ4v) is 5.75. The summed E-state index contributed by atoms with van der Waals surface area (Å²) in [6.07, 6.45) is -1.62. The number of amides is 2. The molecule has 6 rings (SSSR count). The molecule has 1 aromatic carbocycles. The number of benzene rings is 1. The molecule has 222 valence electrons. The molecule has 0 spiro atoms. The lowest BCUT2D eigenvalue weighted by molar-refractivity contribution is -0.141. The van der Waals surface area contributed by atoms with Gasteiger partial charge in [-0.3, -0.25) is 4.90 Å². The van der Waals surface area contributed by atoms with E-state index in [2.05, 4.69) is 20.2 Å². The number of urea groups is 1. The molecule has 0 aliphatic carbocycles. The highest BCUT2D eigenvalue weighted by Crippen LogP contribution is 2.43. The Morgan fingerprint density at radius 2 is 2.07 bits per heavy atom. The summed E-state index contributed by atoms with van der Waals surface area (Å²) in [5.74, 6) is 0.0657. The molecule has 2 saturated heterocycles. The number of nitrogens with zero attached hydrogens (tertiary/aromatic N) is 4. The third kappa shape index (κ3) is 5.83. The molecule has 3 aromatic rings. The van der Waals surface area contributed by atoms with Crippen LogP contribution in [0.3, 0.4) is 0 Å². The van der Waals surface area contributed by atoms with Gasteiger partial charge in [0.2, 0.25) is 5.88 Å². The lowest BCUT2D eigenvalue weighted by Gasteiger charge is -2.46. The number of aromatic nitrogens is 2. The van der Waals surface area contributed by atoms with E-state index >= 15 is 0 Å². The predicted molar refractivity (Wildman–Crippen MR) is 151 cm³/mol. The Hall–Kier alpha value is -3.61. The van der Waals surface area contributed by atoms with Crippen LogP contribution < -0.4 is 19.9 Å². The van der Waals surface area contributed by atoms with Gasteiger partial charge in [0.1, 0.15) is 12.7 Å². The first-order chi connectivity index (χ1) is 20.0. The second-order valence-electron chi connectivity index (χ2n) is 10.9. The number of fused-ring (bicyclic) bond motifs is 4. The Labute approximate surface area is 245 Å². The molecule has 9 nitrogen and oxygen atoms in total. The number of hydrogen-bond acceptors (Lipinski definition) is 7. The standard InChI is InChI=1S/C29H29ClF3N5O4/c1-28(2)41-16-21(42-28)15-40-24-9-8-19(13-34-24)35-27(39)38-20-7-4-10-37(14-20)23-12-22(30)25(36-26(23)38)17-5-3-6-18(11-17)29(31,32)33/h3,5-6,8-9,11-13,20-21H,4,7,10,14-16H2,1-2H3,(H,35,39)/t20?,21-/m0/s1. The van der Waals surface area contributed by atoms with Crippen LogP contribution in [-0.2, 0) is 15.7 Å². The lowest BCUT2D eigenvalue weighted by Crippen LogP contribution is -2.56. The minimum atomic E-state index is -4.52. The van der Waals surface area contributed by atoms with E-state index in [4.69, 9.17) is 25.8 Å². The van der Waals surface area contributed by atoms with E-state index in [1.54, 1.807) is 23.1 Å². The molecule has 3 aliphatic heterocycles. The van der Waals surface area contributed by atoms with E-state index < -0.39 is 23.6 Å². The zero-order valence-electron chi connectivity index (χ0n) is 22.9. The van der Waals surface area contributed by atoms with Crippen molar-refractivity contribution in [1.29, 1.82) is 0 Å². The summed E-state index contributed by atoms with van der Waals surface area (Å²) in [5.41, 5.74) is 0.676. The molecule has 5 heterocycles. The Morgan fingerprint density at radius 1 is 1.24 bits per heavy atom. The number of anilines is 3. The molecule has 0 radical (unpaired) electrons. The van der Waals surface area contributed by atoms with Gasteiger partial charge < -0.3 is 24.4 Å². The van der Waals surface area contributed by atoms with E-state index in [0.29, 0.717) is 36.2 Å². The summed E-state index contributed by atoms with van der Waals surface area (Å²) >= 11 is 6.57. The topological polar surface area (TPSA) is 89.1 Å². The SMILES string of the molecule is CC1(C)OC[C@H](COc2ccc(NC(=O)N3c4nc(-c5cccc(C(F)(F)F)c5)c(Cl)cc4N4CCCC3C4)cn2)O1. The van der Waals surface area contributed by atoms with Gasteiger partial charge in [-0.05, 0) is 51.0 Å². The van der Waals surface area contributed by atoms with Gasteiger partial charge >= 0.3 is 12.2 Å². The maximum atomic E-state index is 13.7. The highest BCUT2D eigenvalue weighted by molar-refractivity contribution is 6.33. The lowest BCUT2D eigenvalue weighted by atomic mass is 9.99. The van der Waals surface area contributed by atoms with Crippen molar-refractivity contribution in [2.45, 2.75) is 50.8 Å². The van der Waals surface area contributed by atoms with Gasteiger partial charge in [0.25, 0.3) is 0 Å². The van der Waals surface area contributed by atoms with Crippen LogP contribution in [0.1, 0.15) is 32.3 Å². The summed E-state index contributed by atoms with van der Waals surface area (Å²) < 4.78 is 57.2. The number of piperidine rings is 1. The second kappa shape index (κ2) is 10.9. The van der Waals surface area contributed by atoms with Crippen LogP contribution in [0.15, 0.2) is 48.7 Å². The van der Waals surface area contributed by atoms with Gasteiger partial charge in [-0.25, -0.2) is 14.8 Å². The van der Waals surface area contributed by atoms with Crippen molar-refractivity contribution in [3.63, 3.8) is 0 Å². The van der Waals surface area contributed by atoms with Crippen LogP contribution in [0, 0.1) is 0 Å². The second-order valence-corrected chi connectivity index (χ2v) is 11.3. The summed E-state index contributed by atoms with van der Waals surface area (Å²) in [6.45, 7) is 5.73. The Morgan fingerprint density at radius 3 is 2.79 bits per heavy atom. The van der Waals surface area contributed by atoms with Crippen LogP contribution >= 0.6 is 11.6 Å². The molecule has 3 aliphatic rings. The predicted octanol–water partition coefficient (Wildman–Crippen LogP) is 6.37. The number of hydrogen-bond donors (Lipinski definition) is 1. The van der Waals surface area contributed by atoms with Crippen molar-refractivity contribution in [2.24, 2.45) is 0 Å². The maximum absolute atomic E-state index is 13.7. The van der Waals surface area contributed by atoms with Crippen molar-refractivity contribution in [1.82, 2.24) is 9.97 Å². The molecule has 2 bridgehead atoms. The largest absolute Gasteiger partial charge is 0.475 e. The summed E-state index contributed by atoms with van der Waals surface area (Å²) in [4.78, 5) is 26.3. The molecule has 2 atom stereocenters. The monoisotopic (exact) mass is 603 g/mol. The number of ether oxygens (including phenoxy) is 3. The molecule has 0 saturated carbocycles. The van der Waals surface area contributed by atoms with Gasteiger partial charge in [0.15, 0.2) is 11.6 Å². The zero-order chi connectivity index (χ0) is 29.6. The van der Waals surface area contributed by atoms with Crippen molar-refractivity contribution in [3.05, 3.63) is 59.2 Å².